The van der Waals surface area contributed by atoms with Crippen LogP contribution < -0.4 is 4.74 Å². The van der Waals surface area contributed by atoms with E-state index in [0.717, 1.165) is 70.1 Å². The maximum atomic E-state index is 6.65. The van der Waals surface area contributed by atoms with E-state index < -0.39 is 0 Å². The lowest BCUT2D eigenvalue weighted by Gasteiger charge is -2.12. The number of ether oxygens (including phenoxy) is 1. The number of hydrogen-bond donors (Lipinski definition) is 0. The molecule has 0 spiro atoms. The highest BCUT2D eigenvalue weighted by Gasteiger charge is 2.21. The van der Waals surface area contributed by atoms with Crippen molar-refractivity contribution in [2.75, 3.05) is 6.61 Å². The third kappa shape index (κ3) is 4.83. The van der Waals surface area contributed by atoms with E-state index >= 15 is 0 Å². The van der Waals surface area contributed by atoms with Crippen LogP contribution in [0.5, 0.6) is 5.75 Å². The lowest BCUT2D eigenvalue weighted by atomic mass is 10.0. The summed E-state index contributed by atoms with van der Waals surface area (Å²) in [4.78, 5) is 5.13. The van der Waals surface area contributed by atoms with Gasteiger partial charge in [0.05, 0.1) is 12.2 Å². The van der Waals surface area contributed by atoms with Gasteiger partial charge in [0.2, 0.25) is 5.89 Å². The fourth-order valence-corrected chi connectivity index (χ4v) is 6.05. The van der Waals surface area contributed by atoms with Crippen LogP contribution in [-0.4, -0.2) is 11.6 Å². The Labute approximate surface area is 239 Å². The molecule has 6 aromatic rings. The zero-order valence-electron chi connectivity index (χ0n) is 21.4. The van der Waals surface area contributed by atoms with Crippen molar-refractivity contribution in [3.8, 4) is 17.2 Å². The predicted octanol–water partition coefficient (Wildman–Crippen LogP) is 11.2. The second-order valence-corrected chi connectivity index (χ2v) is 11.7. The summed E-state index contributed by atoms with van der Waals surface area (Å²) in [5.41, 5.74) is 2.58. The van der Waals surface area contributed by atoms with Crippen LogP contribution in [0.1, 0.15) is 45.4 Å². The zero-order valence-corrected chi connectivity index (χ0v) is 24.6. The van der Waals surface area contributed by atoms with E-state index in [-0.39, 0.29) is 0 Å². The quantitative estimate of drug-likeness (QED) is 0.118. The summed E-state index contributed by atoms with van der Waals surface area (Å²) < 4.78 is 15.1. The van der Waals surface area contributed by atoms with Crippen molar-refractivity contribution in [1.82, 2.24) is 4.98 Å². The molecule has 0 aliphatic heterocycles. The molecule has 1 aromatic heterocycles. The van der Waals surface area contributed by atoms with Crippen molar-refractivity contribution < 1.29 is 9.15 Å². The molecular weight excluding hydrogens is 602 g/mol. The second kappa shape index (κ2) is 11.1. The van der Waals surface area contributed by atoms with Crippen LogP contribution in [0.25, 0.3) is 54.9 Å². The summed E-state index contributed by atoms with van der Waals surface area (Å²) in [6.45, 7) is 2.94. The van der Waals surface area contributed by atoms with Crippen LogP contribution >= 0.6 is 31.9 Å². The zero-order chi connectivity index (χ0) is 26.1. The molecule has 1 heterocycles. The molecule has 192 valence electrons. The van der Waals surface area contributed by atoms with Gasteiger partial charge >= 0.3 is 0 Å². The van der Waals surface area contributed by atoms with Gasteiger partial charge in [-0.2, -0.15) is 0 Å². The number of aromatic nitrogens is 1. The summed E-state index contributed by atoms with van der Waals surface area (Å²) in [6.07, 6.45) is 7.37. The number of fused-ring (bicyclic) bond motifs is 7. The van der Waals surface area contributed by atoms with Crippen molar-refractivity contribution in [2.24, 2.45) is 0 Å². The van der Waals surface area contributed by atoms with Gasteiger partial charge in [-0.3, -0.25) is 0 Å². The molecular formula is C33H29Br2NO2. The van der Waals surface area contributed by atoms with E-state index in [9.17, 15) is 0 Å². The van der Waals surface area contributed by atoms with E-state index in [1.807, 2.05) is 0 Å². The summed E-state index contributed by atoms with van der Waals surface area (Å²) in [7, 11) is 0. The Morgan fingerprint density at radius 3 is 2.24 bits per heavy atom. The highest BCUT2D eigenvalue weighted by atomic mass is 79.9. The molecule has 0 amide bonds. The molecule has 0 N–H and O–H groups in total. The van der Waals surface area contributed by atoms with Crippen LogP contribution in [0.3, 0.4) is 0 Å². The fraction of sp³-hybridized carbons (Fsp3) is 0.242. The molecule has 0 saturated heterocycles. The number of unbranched alkanes of at least 4 members (excludes halogenated alkanes) is 5. The van der Waals surface area contributed by atoms with Crippen LogP contribution in [-0.2, 0) is 0 Å². The molecule has 0 atom stereocenters. The van der Waals surface area contributed by atoms with E-state index in [1.54, 1.807) is 0 Å². The lowest BCUT2D eigenvalue weighted by molar-refractivity contribution is 0.305. The molecule has 0 aliphatic rings. The third-order valence-corrected chi connectivity index (χ3v) is 8.23. The average Bonchev–Trinajstić information content (AvgIpc) is 3.37. The fourth-order valence-electron chi connectivity index (χ4n) is 5.33. The first kappa shape index (κ1) is 25.4. The van der Waals surface area contributed by atoms with Crippen LogP contribution in [0, 0.1) is 0 Å². The van der Waals surface area contributed by atoms with Crippen LogP contribution in [0.2, 0.25) is 0 Å². The van der Waals surface area contributed by atoms with Gasteiger partial charge in [-0.1, -0.05) is 107 Å². The largest absolute Gasteiger partial charge is 0.493 e. The average molecular weight is 631 g/mol. The predicted molar refractivity (Wildman–Crippen MR) is 166 cm³/mol. The molecule has 0 fully saturated rings. The summed E-state index contributed by atoms with van der Waals surface area (Å²) in [5.74, 6) is 1.41. The van der Waals surface area contributed by atoms with Crippen LogP contribution in [0.15, 0.2) is 86.2 Å². The number of hydrogen-bond acceptors (Lipinski definition) is 3. The van der Waals surface area contributed by atoms with Crippen LogP contribution in [0.4, 0.5) is 0 Å². The Balaban J connectivity index is 1.49. The maximum absolute atomic E-state index is 6.65. The van der Waals surface area contributed by atoms with Crippen molar-refractivity contribution >= 4 is 75.3 Å². The molecule has 6 rings (SSSR count). The number of oxazole rings is 1. The molecule has 3 nitrogen and oxygen atoms in total. The summed E-state index contributed by atoms with van der Waals surface area (Å²) in [6, 6.07) is 25.2. The molecule has 5 aromatic carbocycles. The van der Waals surface area contributed by atoms with Gasteiger partial charge in [0.15, 0.2) is 5.58 Å². The standard InChI is InChI=1S/C33H29Br2NO2/c1-2-3-4-5-6-9-18-37-29-17-12-21-10-7-8-11-24(21)30(29)33-36-31-25-15-13-22(34)19-27(25)28-20-23(35)14-16-26(28)32(31)38-33/h7-8,10-17,19-20H,2-6,9,18H2,1H3. The Morgan fingerprint density at radius 2 is 1.42 bits per heavy atom. The van der Waals surface area contributed by atoms with Gasteiger partial charge in [-0.05, 0) is 64.4 Å². The Kier molecular flexibility index (Phi) is 7.40. The number of nitrogens with zero attached hydrogens (tertiary/aromatic N) is 1. The SMILES string of the molecule is CCCCCCCCOc1ccc2ccccc2c1-c1nc2c3ccc(Br)cc3c3cc(Br)ccc3c2o1. The third-order valence-electron chi connectivity index (χ3n) is 7.24. The highest BCUT2D eigenvalue weighted by Crippen LogP contribution is 2.43. The molecule has 0 saturated carbocycles. The topological polar surface area (TPSA) is 35.3 Å². The number of benzene rings is 5. The van der Waals surface area contributed by atoms with Gasteiger partial charge in [-0.15, -0.1) is 0 Å². The van der Waals surface area contributed by atoms with Gasteiger partial charge < -0.3 is 9.15 Å². The summed E-state index contributed by atoms with van der Waals surface area (Å²) in [5, 5.41) is 6.60. The van der Waals surface area contributed by atoms with E-state index in [4.69, 9.17) is 14.1 Å². The first-order chi connectivity index (χ1) is 18.6. The van der Waals surface area contributed by atoms with Gasteiger partial charge in [0, 0.05) is 19.7 Å². The molecule has 0 unspecified atom stereocenters. The monoisotopic (exact) mass is 629 g/mol. The minimum absolute atomic E-state index is 0.592. The first-order valence-electron chi connectivity index (χ1n) is 13.4. The Hall–Kier alpha value is -2.89. The summed E-state index contributed by atoms with van der Waals surface area (Å²) >= 11 is 7.31. The molecule has 0 bridgehead atoms. The molecule has 0 radical (unpaired) electrons. The molecule has 0 aliphatic carbocycles. The Bertz CT molecular complexity index is 1690. The van der Waals surface area contributed by atoms with Crippen molar-refractivity contribution in [2.45, 2.75) is 45.4 Å². The number of halogens is 2. The normalized spacial score (nSPS) is 11.8. The minimum atomic E-state index is 0.592. The van der Waals surface area contributed by atoms with Gasteiger partial charge in [-0.25, -0.2) is 4.98 Å². The van der Waals surface area contributed by atoms with E-state index in [1.165, 1.54) is 32.1 Å². The minimum Gasteiger partial charge on any atom is -0.493 e. The molecule has 38 heavy (non-hydrogen) atoms. The Morgan fingerprint density at radius 1 is 0.711 bits per heavy atom. The van der Waals surface area contributed by atoms with Gasteiger partial charge in [0.25, 0.3) is 0 Å². The maximum Gasteiger partial charge on any atom is 0.231 e. The van der Waals surface area contributed by atoms with Crippen molar-refractivity contribution in [3.05, 3.63) is 81.7 Å². The highest BCUT2D eigenvalue weighted by molar-refractivity contribution is 9.10. The van der Waals surface area contributed by atoms with E-state index in [2.05, 4.69) is 112 Å². The second-order valence-electron chi connectivity index (χ2n) is 9.85. The van der Waals surface area contributed by atoms with Crippen molar-refractivity contribution in [3.63, 3.8) is 0 Å². The smallest absolute Gasteiger partial charge is 0.231 e. The van der Waals surface area contributed by atoms with Crippen molar-refractivity contribution in [1.29, 1.82) is 0 Å². The van der Waals surface area contributed by atoms with E-state index in [0.29, 0.717) is 12.5 Å². The van der Waals surface area contributed by atoms with Gasteiger partial charge in [0.1, 0.15) is 11.3 Å². The number of rotatable bonds is 9. The first-order valence-corrected chi connectivity index (χ1v) is 15.0. The molecule has 5 heteroatoms. The lowest BCUT2D eigenvalue weighted by Crippen LogP contribution is -1.99.